The number of hydrogen-bond donors (Lipinski definition) is 2. The molecule has 5 heteroatoms. The molecule has 0 radical (unpaired) electrons. The molecular formula is C17H29N3O2. The van der Waals surface area contributed by atoms with E-state index >= 15 is 0 Å². The van der Waals surface area contributed by atoms with Gasteiger partial charge in [-0.2, -0.15) is 5.10 Å². The van der Waals surface area contributed by atoms with E-state index in [0.29, 0.717) is 11.6 Å². The molecule has 1 aromatic rings. The Morgan fingerprint density at radius 2 is 1.91 bits per heavy atom. The van der Waals surface area contributed by atoms with Gasteiger partial charge in [0.25, 0.3) is 5.91 Å². The summed E-state index contributed by atoms with van der Waals surface area (Å²) in [6, 6.07) is 2.06. The van der Waals surface area contributed by atoms with Gasteiger partial charge in [-0.3, -0.25) is 9.48 Å². The van der Waals surface area contributed by atoms with Crippen molar-refractivity contribution < 1.29 is 9.90 Å². The smallest absolute Gasteiger partial charge is 0.272 e. The van der Waals surface area contributed by atoms with Crippen LogP contribution < -0.4 is 5.32 Å². The molecule has 0 unspecified atom stereocenters. The Bertz CT molecular complexity index is 520. The maximum absolute atomic E-state index is 12.5. The van der Waals surface area contributed by atoms with Gasteiger partial charge in [0.2, 0.25) is 0 Å². The van der Waals surface area contributed by atoms with Crippen molar-refractivity contribution in [2.45, 2.75) is 83.9 Å². The van der Waals surface area contributed by atoms with E-state index in [1.807, 2.05) is 10.7 Å². The van der Waals surface area contributed by atoms with Crippen molar-refractivity contribution in [1.29, 1.82) is 0 Å². The Balaban J connectivity index is 2.13. The summed E-state index contributed by atoms with van der Waals surface area (Å²) >= 11 is 0. The molecule has 1 aliphatic rings. The van der Waals surface area contributed by atoms with Gasteiger partial charge in [0.1, 0.15) is 5.69 Å². The van der Waals surface area contributed by atoms with E-state index in [4.69, 9.17) is 0 Å². The number of aliphatic hydroxyl groups excluding tert-OH is 1. The molecule has 1 amide bonds. The third kappa shape index (κ3) is 3.88. The van der Waals surface area contributed by atoms with Crippen molar-refractivity contribution in [3.05, 3.63) is 17.5 Å². The molecule has 124 valence electrons. The maximum Gasteiger partial charge on any atom is 0.272 e. The minimum atomic E-state index is -0.208. The second-order valence-corrected chi connectivity index (χ2v) is 7.67. The molecule has 1 aliphatic carbocycles. The Kier molecular flexibility index (Phi) is 4.95. The molecule has 0 saturated heterocycles. The maximum atomic E-state index is 12.5. The SMILES string of the molecule is CC(C)c1cc(C(=O)NC2CCC(O)CC2)nn1C(C)(C)C. The molecule has 22 heavy (non-hydrogen) atoms. The van der Waals surface area contributed by atoms with E-state index in [-0.39, 0.29) is 23.6 Å². The van der Waals surface area contributed by atoms with Gasteiger partial charge in [-0.1, -0.05) is 13.8 Å². The Morgan fingerprint density at radius 1 is 1.32 bits per heavy atom. The highest BCUT2D eigenvalue weighted by Crippen LogP contribution is 2.24. The highest BCUT2D eigenvalue weighted by molar-refractivity contribution is 5.92. The first-order valence-electron chi connectivity index (χ1n) is 8.28. The Hall–Kier alpha value is -1.36. The molecule has 5 nitrogen and oxygen atoms in total. The molecule has 2 rings (SSSR count). The van der Waals surface area contributed by atoms with Crippen LogP contribution in [0.2, 0.25) is 0 Å². The van der Waals surface area contributed by atoms with E-state index in [2.05, 4.69) is 45.0 Å². The van der Waals surface area contributed by atoms with Gasteiger partial charge < -0.3 is 10.4 Å². The van der Waals surface area contributed by atoms with Gasteiger partial charge in [0.15, 0.2) is 0 Å². The molecule has 0 aromatic carbocycles. The minimum Gasteiger partial charge on any atom is -0.393 e. The van der Waals surface area contributed by atoms with Crippen molar-refractivity contribution in [3.63, 3.8) is 0 Å². The molecule has 0 bridgehead atoms. The summed E-state index contributed by atoms with van der Waals surface area (Å²) in [6.07, 6.45) is 2.99. The van der Waals surface area contributed by atoms with Gasteiger partial charge in [-0.05, 0) is 58.4 Å². The second-order valence-electron chi connectivity index (χ2n) is 7.67. The molecule has 0 aliphatic heterocycles. The van der Waals surface area contributed by atoms with Crippen LogP contribution in [-0.2, 0) is 5.54 Å². The number of nitrogens with one attached hydrogen (secondary N) is 1. The van der Waals surface area contributed by atoms with Gasteiger partial charge in [-0.15, -0.1) is 0 Å². The zero-order valence-electron chi connectivity index (χ0n) is 14.4. The largest absolute Gasteiger partial charge is 0.393 e. The van der Waals surface area contributed by atoms with E-state index in [1.54, 1.807) is 0 Å². The predicted molar refractivity (Wildman–Crippen MR) is 87.0 cm³/mol. The third-order valence-electron chi connectivity index (χ3n) is 4.23. The highest BCUT2D eigenvalue weighted by atomic mass is 16.3. The van der Waals surface area contributed by atoms with Gasteiger partial charge in [0.05, 0.1) is 11.6 Å². The summed E-state index contributed by atoms with van der Waals surface area (Å²) in [6.45, 7) is 10.5. The van der Waals surface area contributed by atoms with Crippen molar-refractivity contribution in [2.24, 2.45) is 0 Å². The topological polar surface area (TPSA) is 67.2 Å². The minimum absolute atomic E-state index is 0.105. The number of aromatic nitrogens is 2. The molecule has 1 aromatic heterocycles. The van der Waals surface area contributed by atoms with Crippen molar-refractivity contribution in [3.8, 4) is 0 Å². The summed E-state index contributed by atoms with van der Waals surface area (Å²) in [4.78, 5) is 12.5. The van der Waals surface area contributed by atoms with E-state index in [9.17, 15) is 9.90 Å². The van der Waals surface area contributed by atoms with Crippen LogP contribution in [0.5, 0.6) is 0 Å². The van der Waals surface area contributed by atoms with Gasteiger partial charge >= 0.3 is 0 Å². The quantitative estimate of drug-likeness (QED) is 0.902. The molecule has 1 saturated carbocycles. The predicted octanol–water partition coefficient (Wildman–Crippen LogP) is 2.79. The van der Waals surface area contributed by atoms with Crippen LogP contribution in [0.25, 0.3) is 0 Å². The number of carbonyl (C=O) groups is 1. The molecule has 0 spiro atoms. The van der Waals surface area contributed by atoms with E-state index < -0.39 is 0 Å². The standard InChI is InChI=1S/C17H29N3O2/c1-11(2)15-10-14(19-20(15)17(3,4)5)16(22)18-12-6-8-13(21)9-7-12/h10-13,21H,6-9H2,1-5H3,(H,18,22). The number of hydrogen-bond acceptors (Lipinski definition) is 3. The number of amides is 1. The lowest BCUT2D eigenvalue weighted by Gasteiger charge is -2.26. The first-order chi connectivity index (χ1) is 10.2. The lowest BCUT2D eigenvalue weighted by atomic mass is 9.93. The monoisotopic (exact) mass is 307 g/mol. The van der Waals surface area contributed by atoms with Gasteiger partial charge in [0, 0.05) is 11.7 Å². The molecule has 2 N–H and O–H groups in total. The van der Waals surface area contributed by atoms with Crippen molar-refractivity contribution >= 4 is 5.91 Å². The molecule has 1 heterocycles. The highest BCUT2D eigenvalue weighted by Gasteiger charge is 2.26. The number of carbonyl (C=O) groups excluding carboxylic acids is 1. The summed E-state index contributed by atoms with van der Waals surface area (Å²) in [5.74, 6) is 0.212. The first kappa shape index (κ1) is 17.0. The summed E-state index contributed by atoms with van der Waals surface area (Å²) in [7, 11) is 0. The zero-order chi connectivity index (χ0) is 16.5. The van der Waals surface area contributed by atoms with Crippen LogP contribution in [0.3, 0.4) is 0 Å². The fourth-order valence-electron chi connectivity index (χ4n) is 2.93. The van der Waals surface area contributed by atoms with E-state index in [1.165, 1.54) is 0 Å². The average Bonchev–Trinajstić information content (AvgIpc) is 2.86. The number of nitrogens with zero attached hydrogens (tertiary/aromatic N) is 2. The third-order valence-corrected chi connectivity index (χ3v) is 4.23. The van der Waals surface area contributed by atoms with Crippen LogP contribution >= 0.6 is 0 Å². The van der Waals surface area contributed by atoms with Crippen molar-refractivity contribution in [1.82, 2.24) is 15.1 Å². The summed E-state index contributed by atoms with van der Waals surface area (Å²) in [5.41, 5.74) is 1.43. The average molecular weight is 307 g/mol. The Morgan fingerprint density at radius 3 is 2.36 bits per heavy atom. The fraction of sp³-hybridized carbons (Fsp3) is 0.765. The van der Waals surface area contributed by atoms with Crippen LogP contribution in [0.15, 0.2) is 6.07 Å². The zero-order valence-corrected chi connectivity index (χ0v) is 14.4. The molecule has 0 atom stereocenters. The Labute approximate surface area is 133 Å². The summed E-state index contributed by atoms with van der Waals surface area (Å²) < 4.78 is 1.96. The van der Waals surface area contributed by atoms with Crippen LogP contribution in [0.4, 0.5) is 0 Å². The molecular weight excluding hydrogens is 278 g/mol. The van der Waals surface area contributed by atoms with Gasteiger partial charge in [-0.25, -0.2) is 0 Å². The van der Waals surface area contributed by atoms with Crippen LogP contribution in [-0.4, -0.2) is 32.9 Å². The lowest BCUT2D eigenvalue weighted by molar-refractivity contribution is 0.0862. The second kappa shape index (κ2) is 6.41. The van der Waals surface area contributed by atoms with Crippen LogP contribution in [0, 0.1) is 0 Å². The number of aliphatic hydroxyl groups is 1. The normalized spacial score (nSPS) is 22.9. The first-order valence-corrected chi connectivity index (χ1v) is 8.28. The lowest BCUT2D eigenvalue weighted by Crippen LogP contribution is -2.38. The van der Waals surface area contributed by atoms with Crippen LogP contribution in [0.1, 0.15) is 82.4 Å². The fourth-order valence-corrected chi connectivity index (χ4v) is 2.93. The van der Waals surface area contributed by atoms with E-state index in [0.717, 1.165) is 31.4 Å². The summed E-state index contributed by atoms with van der Waals surface area (Å²) in [5, 5.41) is 17.1. The van der Waals surface area contributed by atoms with Crippen molar-refractivity contribution in [2.75, 3.05) is 0 Å². The number of rotatable bonds is 3. The molecule has 1 fully saturated rings.